The zero-order chi connectivity index (χ0) is 46.7. The average molecular weight is 906 g/mol. The Hall–Kier alpha value is -2.89. The van der Waals surface area contributed by atoms with Crippen LogP contribution in [0.15, 0.2) is 85.1 Å². The van der Waals surface area contributed by atoms with Crippen LogP contribution in [0.25, 0.3) is 0 Å². The van der Waals surface area contributed by atoms with Gasteiger partial charge in [0, 0.05) is 12.8 Å². The van der Waals surface area contributed by atoms with Crippen molar-refractivity contribution in [3.63, 3.8) is 0 Å². The third-order valence-electron chi connectivity index (χ3n) is 9.85. The van der Waals surface area contributed by atoms with Crippen molar-refractivity contribution < 1.29 is 52.3 Å². The summed E-state index contributed by atoms with van der Waals surface area (Å²) < 4.78 is 33.7. The van der Waals surface area contributed by atoms with Crippen LogP contribution in [0, 0.1) is 0 Å². The van der Waals surface area contributed by atoms with Crippen molar-refractivity contribution in [3.8, 4) is 0 Å². The molecule has 63 heavy (non-hydrogen) atoms. The molecule has 0 spiro atoms. The fourth-order valence-corrected chi connectivity index (χ4v) is 6.71. The number of allylic oxidation sites excluding steroid dienone is 13. The van der Waals surface area contributed by atoms with Crippen molar-refractivity contribution in [1.82, 2.24) is 0 Å². The summed E-state index contributed by atoms with van der Waals surface area (Å²) in [5.74, 6) is -1.14. The molecular formula is C51H88NO10P. The standard InChI is InChI=1S/C51H88NO10P/c1-6-8-10-12-14-16-18-20-21-22-23-24-25-26-27-29-31-33-35-37-41-51(56)62-47(46-61-63(57,58)60-44-43-52(3,4)5)45-59-50(55)42-38-40-49(54)48(53)39-36-34-32-30-28-19-17-15-13-11-9-7-2/h9,11,15-18,21-22,24-25,28,30,34,36,47-49,53-54H,6-8,10,12-14,19-20,23,26-27,29,31-33,35,37-46H2,1-5H3/b11-9-,17-15-,18-16-,22-21-,25-24-,30-28-,36-34-/t47-,48+,49+/m1/s1. The van der Waals surface area contributed by atoms with Crippen molar-refractivity contribution in [3.05, 3.63) is 85.1 Å². The fraction of sp³-hybridized carbons (Fsp3) is 0.686. The predicted molar refractivity (Wildman–Crippen MR) is 257 cm³/mol. The van der Waals surface area contributed by atoms with Gasteiger partial charge < -0.3 is 38.1 Å². The molecule has 0 aliphatic heterocycles. The van der Waals surface area contributed by atoms with E-state index in [0.29, 0.717) is 17.4 Å². The second-order valence-electron chi connectivity index (χ2n) is 17.0. The summed E-state index contributed by atoms with van der Waals surface area (Å²) in [6.45, 7) is 3.73. The lowest BCUT2D eigenvalue weighted by Gasteiger charge is -2.28. The maximum absolute atomic E-state index is 12.7. The molecule has 0 radical (unpaired) electrons. The van der Waals surface area contributed by atoms with Crippen LogP contribution in [0.2, 0.25) is 0 Å². The molecule has 1 unspecified atom stereocenters. The van der Waals surface area contributed by atoms with E-state index in [4.69, 9.17) is 18.5 Å². The van der Waals surface area contributed by atoms with Gasteiger partial charge in [-0.3, -0.25) is 14.2 Å². The average Bonchev–Trinajstić information content (AvgIpc) is 3.23. The highest BCUT2D eigenvalue weighted by atomic mass is 31.2. The quantitative estimate of drug-likeness (QED) is 0.0199. The van der Waals surface area contributed by atoms with Gasteiger partial charge in [0.05, 0.1) is 40.0 Å². The first-order valence-corrected chi connectivity index (χ1v) is 25.4. The van der Waals surface area contributed by atoms with Crippen molar-refractivity contribution in [2.24, 2.45) is 0 Å². The third kappa shape index (κ3) is 44.1. The minimum Gasteiger partial charge on any atom is -0.756 e. The monoisotopic (exact) mass is 906 g/mol. The summed E-state index contributed by atoms with van der Waals surface area (Å²) in [5, 5.41) is 20.7. The van der Waals surface area contributed by atoms with Gasteiger partial charge in [-0.05, 0) is 89.9 Å². The largest absolute Gasteiger partial charge is 0.756 e. The Morgan fingerprint density at radius 3 is 1.63 bits per heavy atom. The Morgan fingerprint density at radius 1 is 0.587 bits per heavy atom. The van der Waals surface area contributed by atoms with Crippen LogP contribution >= 0.6 is 7.82 Å². The summed E-state index contributed by atoms with van der Waals surface area (Å²) in [4.78, 5) is 37.7. The molecule has 2 N–H and O–H groups in total. The van der Waals surface area contributed by atoms with E-state index in [1.54, 1.807) is 0 Å². The number of carbonyl (C=O) groups is 2. The number of hydrogen-bond donors (Lipinski definition) is 2. The lowest BCUT2D eigenvalue weighted by atomic mass is 10.0. The Labute approximate surface area is 383 Å². The molecule has 0 rings (SSSR count). The van der Waals surface area contributed by atoms with Gasteiger partial charge in [-0.15, -0.1) is 0 Å². The first-order valence-electron chi connectivity index (χ1n) is 24.0. The maximum atomic E-state index is 12.7. The second kappa shape index (κ2) is 41.8. The number of unbranched alkanes of at least 4 members (excludes halogenated alkanes) is 10. The number of quaternary nitrogens is 1. The Balaban J connectivity index is 4.57. The molecule has 0 heterocycles. The van der Waals surface area contributed by atoms with E-state index < -0.39 is 51.3 Å². The number of nitrogens with zero attached hydrogens (tertiary/aromatic N) is 1. The molecule has 0 saturated heterocycles. The number of ether oxygens (including phenoxy) is 2. The number of phosphoric acid groups is 1. The number of aliphatic hydroxyl groups is 2. The highest BCUT2D eigenvalue weighted by Gasteiger charge is 2.22. The van der Waals surface area contributed by atoms with Crippen LogP contribution in [0.4, 0.5) is 0 Å². The number of phosphoric ester groups is 1. The van der Waals surface area contributed by atoms with E-state index in [1.807, 2.05) is 33.3 Å². The molecule has 11 nitrogen and oxygen atoms in total. The van der Waals surface area contributed by atoms with Crippen molar-refractivity contribution in [2.75, 3.05) is 47.5 Å². The van der Waals surface area contributed by atoms with Gasteiger partial charge >= 0.3 is 11.9 Å². The first-order chi connectivity index (χ1) is 30.3. The van der Waals surface area contributed by atoms with Crippen molar-refractivity contribution >= 4 is 19.8 Å². The van der Waals surface area contributed by atoms with E-state index in [0.717, 1.165) is 77.0 Å². The van der Waals surface area contributed by atoms with Crippen LogP contribution in [-0.4, -0.2) is 92.5 Å². The first kappa shape index (κ1) is 60.1. The number of aliphatic hydroxyl groups excluding tert-OH is 2. The van der Waals surface area contributed by atoms with E-state index in [1.165, 1.54) is 32.1 Å². The normalized spacial score (nSPS) is 15.2. The minimum absolute atomic E-state index is 0.0471. The number of carbonyl (C=O) groups excluding carboxylic acids is 2. The Morgan fingerprint density at radius 2 is 1.08 bits per heavy atom. The molecule has 0 amide bonds. The van der Waals surface area contributed by atoms with Gasteiger partial charge in [0.1, 0.15) is 19.8 Å². The van der Waals surface area contributed by atoms with Crippen molar-refractivity contribution in [2.45, 2.75) is 180 Å². The minimum atomic E-state index is -4.71. The molecule has 0 aliphatic carbocycles. The van der Waals surface area contributed by atoms with E-state index in [9.17, 15) is 29.3 Å². The van der Waals surface area contributed by atoms with Gasteiger partial charge in [0.15, 0.2) is 6.10 Å². The smallest absolute Gasteiger partial charge is 0.306 e. The number of esters is 2. The lowest BCUT2D eigenvalue weighted by molar-refractivity contribution is -0.870. The van der Waals surface area contributed by atoms with E-state index in [-0.39, 0.29) is 38.7 Å². The summed E-state index contributed by atoms with van der Waals surface area (Å²) in [6.07, 6.45) is 46.4. The Kier molecular flexibility index (Phi) is 39.9. The molecule has 0 aromatic carbocycles. The van der Waals surface area contributed by atoms with Gasteiger partial charge in [-0.1, -0.05) is 144 Å². The topological polar surface area (TPSA) is 152 Å². The molecule has 0 aromatic rings. The highest BCUT2D eigenvalue weighted by molar-refractivity contribution is 7.45. The van der Waals surface area contributed by atoms with Gasteiger partial charge in [-0.25, -0.2) is 0 Å². The zero-order valence-electron chi connectivity index (χ0n) is 40.0. The molecule has 0 aromatic heterocycles. The summed E-state index contributed by atoms with van der Waals surface area (Å²) in [5.41, 5.74) is 0. The van der Waals surface area contributed by atoms with Crippen LogP contribution < -0.4 is 4.89 Å². The molecule has 4 atom stereocenters. The molecule has 12 heteroatoms. The third-order valence-corrected chi connectivity index (χ3v) is 10.8. The summed E-state index contributed by atoms with van der Waals surface area (Å²) in [7, 11) is 0.987. The Bertz CT molecular complexity index is 1380. The molecule has 0 aliphatic rings. The van der Waals surface area contributed by atoms with E-state index in [2.05, 4.69) is 86.8 Å². The molecule has 362 valence electrons. The lowest BCUT2D eigenvalue weighted by Crippen LogP contribution is -2.37. The number of hydrogen-bond acceptors (Lipinski definition) is 10. The SMILES string of the molecule is CC/C=C\C/C=C\C/C=C\C/C=C\C[C@H](O)[C@@H](O)CCCC(=O)OC[C@H](COP(=O)([O-])OCC[N+](C)(C)C)OC(=O)CCCCCCCC/C=C\C/C=C\C/C=C\CCCCCC. The number of rotatable bonds is 42. The van der Waals surface area contributed by atoms with Gasteiger partial charge in [0.25, 0.3) is 7.82 Å². The van der Waals surface area contributed by atoms with E-state index >= 15 is 0 Å². The molecule has 0 bridgehead atoms. The molecular weight excluding hydrogens is 818 g/mol. The van der Waals surface area contributed by atoms with Gasteiger partial charge in [-0.2, -0.15) is 0 Å². The van der Waals surface area contributed by atoms with Gasteiger partial charge in [0.2, 0.25) is 0 Å². The number of likely N-dealkylation sites (N-methyl/N-ethyl adjacent to an activating group) is 1. The summed E-state index contributed by atoms with van der Waals surface area (Å²) >= 11 is 0. The van der Waals surface area contributed by atoms with Crippen molar-refractivity contribution in [1.29, 1.82) is 0 Å². The summed E-state index contributed by atoms with van der Waals surface area (Å²) in [6, 6.07) is 0. The zero-order valence-corrected chi connectivity index (χ0v) is 40.9. The van der Waals surface area contributed by atoms with Crippen LogP contribution in [0.3, 0.4) is 0 Å². The van der Waals surface area contributed by atoms with Crippen LogP contribution in [0.5, 0.6) is 0 Å². The molecule has 0 saturated carbocycles. The van der Waals surface area contributed by atoms with Crippen LogP contribution in [-0.2, 0) is 32.7 Å². The molecule has 0 fully saturated rings. The highest BCUT2D eigenvalue weighted by Crippen LogP contribution is 2.38. The maximum Gasteiger partial charge on any atom is 0.306 e. The predicted octanol–water partition coefficient (Wildman–Crippen LogP) is 11.3. The second-order valence-corrected chi connectivity index (χ2v) is 18.5. The fourth-order valence-electron chi connectivity index (χ4n) is 5.98. The van der Waals surface area contributed by atoms with Crippen LogP contribution in [0.1, 0.15) is 162 Å².